The number of amides is 2. The maximum atomic E-state index is 13.9. The van der Waals surface area contributed by atoms with Gasteiger partial charge in [-0.25, -0.2) is 4.39 Å². The zero-order valence-corrected chi connectivity index (χ0v) is 22.7. The van der Waals surface area contributed by atoms with Gasteiger partial charge in [-0.2, -0.15) is 0 Å². The Kier molecular flexibility index (Phi) is 8.04. The molecule has 9 heteroatoms. The van der Waals surface area contributed by atoms with Crippen molar-refractivity contribution < 1.29 is 18.8 Å². The van der Waals surface area contributed by atoms with Crippen LogP contribution >= 0.6 is 11.8 Å². The van der Waals surface area contributed by atoms with E-state index in [9.17, 15) is 18.8 Å². The molecule has 1 saturated heterocycles. The number of benzene rings is 2. The second kappa shape index (κ2) is 11.1. The monoisotopic (exact) mass is 524 g/mol. The van der Waals surface area contributed by atoms with Crippen LogP contribution in [0.25, 0.3) is 10.9 Å². The smallest absolute Gasteiger partial charge is 0.294 e. The average Bonchev–Trinajstić information content (AvgIpc) is 3.23. The summed E-state index contributed by atoms with van der Waals surface area (Å²) < 4.78 is 15.3. The molecule has 2 heterocycles. The van der Waals surface area contributed by atoms with E-state index in [4.69, 9.17) is 0 Å². The van der Waals surface area contributed by atoms with E-state index in [0.717, 1.165) is 11.1 Å². The van der Waals surface area contributed by atoms with Gasteiger partial charge in [0.05, 0.1) is 11.4 Å². The van der Waals surface area contributed by atoms with Crippen molar-refractivity contribution in [2.45, 2.75) is 38.4 Å². The molecule has 4 rings (SSSR count). The Morgan fingerprint density at radius 2 is 1.73 bits per heavy atom. The first-order valence-corrected chi connectivity index (χ1v) is 13.7. The summed E-state index contributed by atoms with van der Waals surface area (Å²) in [5.74, 6) is -0.883. The van der Waals surface area contributed by atoms with E-state index in [2.05, 4.69) is 11.8 Å². The van der Waals surface area contributed by atoms with E-state index in [1.165, 1.54) is 17.0 Å². The van der Waals surface area contributed by atoms with Crippen molar-refractivity contribution in [3.8, 4) is 0 Å². The largest absolute Gasteiger partial charge is 0.342 e. The lowest BCUT2D eigenvalue weighted by Gasteiger charge is -2.44. The number of carbonyl (C=O) groups is 3. The topological polar surface area (TPSA) is 65.9 Å². The number of aromatic nitrogens is 1. The first kappa shape index (κ1) is 26.9. The van der Waals surface area contributed by atoms with Gasteiger partial charge in [0.1, 0.15) is 5.82 Å². The van der Waals surface area contributed by atoms with Gasteiger partial charge in [-0.3, -0.25) is 19.3 Å². The fraction of sp³-hybridized carbons (Fsp3) is 0.393. The van der Waals surface area contributed by atoms with Crippen LogP contribution in [0.1, 0.15) is 40.1 Å². The zero-order valence-electron chi connectivity index (χ0n) is 21.9. The van der Waals surface area contributed by atoms with Crippen LogP contribution in [0.3, 0.4) is 0 Å². The number of piperazine rings is 1. The lowest BCUT2D eigenvalue weighted by Crippen LogP contribution is -2.57. The molecule has 1 aliphatic rings. The molecule has 2 amide bonds. The number of halogens is 1. The summed E-state index contributed by atoms with van der Waals surface area (Å²) >= 11 is 1.63. The molecule has 2 aromatic carbocycles. The van der Waals surface area contributed by atoms with Crippen LogP contribution in [0.4, 0.5) is 4.39 Å². The normalized spacial score (nSPS) is 18.3. The highest BCUT2D eigenvalue weighted by Gasteiger charge is 2.34. The predicted molar refractivity (Wildman–Crippen MR) is 145 cm³/mol. The molecule has 0 radical (unpaired) electrons. The van der Waals surface area contributed by atoms with Gasteiger partial charge in [-0.1, -0.05) is 12.1 Å². The standard InChI is InChI=1S/C28H33FN4O3S/c1-18-14-33(19(2)13-31(18)15-20-6-9-22(29)10-7-20)27(35)24-16-32(17-37-5)25-11-8-21(12-23(24)25)26(34)28(36)30(3)4/h6-12,16,18-19H,13-15,17H2,1-5H3. The number of rotatable bonds is 7. The number of fused-ring (bicyclic) bond motifs is 1. The minimum absolute atomic E-state index is 0.0387. The van der Waals surface area contributed by atoms with Crippen molar-refractivity contribution in [3.05, 3.63) is 71.2 Å². The number of nitrogens with zero attached hydrogens (tertiary/aromatic N) is 4. The van der Waals surface area contributed by atoms with Gasteiger partial charge in [0.2, 0.25) is 5.78 Å². The van der Waals surface area contributed by atoms with Crippen molar-refractivity contribution in [1.29, 1.82) is 0 Å². The Morgan fingerprint density at radius 3 is 2.38 bits per heavy atom. The van der Waals surface area contributed by atoms with Crippen LogP contribution in [0.15, 0.2) is 48.7 Å². The first-order chi connectivity index (χ1) is 17.6. The summed E-state index contributed by atoms with van der Waals surface area (Å²) in [4.78, 5) is 44.4. The summed E-state index contributed by atoms with van der Waals surface area (Å²) in [5, 5.41) is 0.671. The molecule has 0 spiro atoms. The molecular weight excluding hydrogens is 491 g/mol. The van der Waals surface area contributed by atoms with Crippen molar-refractivity contribution in [2.24, 2.45) is 0 Å². The van der Waals surface area contributed by atoms with Crippen LogP contribution < -0.4 is 0 Å². The molecule has 3 aromatic rings. The van der Waals surface area contributed by atoms with Gasteiger partial charge < -0.3 is 14.4 Å². The summed E-state index contributed by atoms with van der Waals surface area (Å²) in [7, 11) is 3.09. The Bertz CT molecular complexity index is 1320. The summed E-state index contributed by atoms with van der Waals surface area (Å²) in [6.07, 6.45) is 3.85. The maximum Gasteiger partial charge on any atom is 0.294 e. The van der Waals surface area contributed by atoms with E-state index in [0.29, 0.717) is 36.5 Å². The van der Waals surface area contributed by atoms with Gasteiger partial charge in [-0.15, -0.1) is 11.8 Å². The molecule has 1 aromatic heterocycles. The minimum atomic E-state index is -0.601. The molecule has 196 valence electrons. The van der Waals surface area contributed by atoms with Crippen LogP contribution in [0.2, 0.25) is 0 Å². The first-order valence-electron chi connectivity index (χ1n) is 12.3. The van der Waals surface area contributed by atoms with Crippen LogP contribution in [0, 0.1) is 5.82 Å². The molecular formula is C28H33FN4O3S. The Balaban J connectivity index is 1.62. The maximum absolute atomic E-state index is 13.9. The molecule has 0 saturated carbocycles. The molecule has 2 unspecified atom stereocenters. The third-order valence-electron chi connectivity index (χ3n) is 6.92. The van der Waals surface area contributed by atoms with Crippen molar-refractivity contribution in [1.82, 2.24) is 19.3 Å². The lowest BCUT2D eigenvalue weighted by atomic mass is 10.0. The van der Waals surface area contributed by atoms with Gasteiger partial charge in [0.25, 0.3) is 11.8 Å². The fourth-order valence-corrected chi connectivity index (χ4v) is 5.35. The summed E-state index contributed by atoms with van der Waals surface area (Å²) in [5.41, 5.74) is 2.68. The minimum Gasteiger partial charge on any atom is -0.342 e. The van der Waals surface area contributed by atoms with Gasteiger partial charge in [0.15, 0.2) is 0 Å². The highest BCUT2D eigenvalue weighted by Crippen LogP contribution is 2.28. The highest BCUT2D eigenvalue weighted by molar-refractivity contribution is 7.97. The molecule has 0 N–H and O–H groups in total. The van der Waals surface area contributed by atoms with Crippen LogP contribution in [0.5, 0.6) is 0 Å². The molecule has 37 heavy (non-hydrogen) atoms. The van der Waals surface area contributed by atoms with Crippen LogP contribution in [-0.2, 0) is 17.2 Å². The summed E-state index contributed by atoms with van der Waals surface area (Å²) in [6.45, 7) is 6.05. The zero-order chi connectivity index (χ0) is 26.9. The van der Waals surface area contributed by atoms with E-state index < -0.39 is 11.7 Å². The number of hydrogen-bond acceptors (Lipinski definition) is 5. The SMILES string of the molecule is CSCn1cc(C(=O)N2CC(C)N(Cc3ccc(F)cc3)CC2C)c2cc(C(=O)C(=O)N(C)C)ccc21. The fourth-order valence-electron chi connectivity index (χ4n) is 4.86. The molecule has 7 nitrogen and oxygen atoms in total. The quantitative estimate of drug-likeness (QED) is 0.344. The molecule has 0 bridgehead atoms. The second-order valence-corrected chi connectivity index (χ2v) is 10.7. The number of thioether (sulfide) groups is 1. The van der Waals surface area contributed by atoms with Gasteiger partial charge >= 0.3 is 0 Å². The van der Waals surface area contributed by atoms with Crippen LogP contribution in [-0.4, -0.2) is 82.4 Å². The van der Waals surface area contributed by atoms with Crippen molar-refractivity contribution in [3.63, 3.8) is 0 Å². The third kappa shape index (κ3) is 5.57. The Morgan fingerprint density at radius 1 is 1.03 bits per heavy atom. The molecule has 2 atom stereocenters. The number of likely N-dealkylation sites (N-methyl/N-ethyl adjacent to an activating group) is 1. The number of carbonyl (C=O) groups excluding carboxylic acids is 3. The van der Waals surface area contributed by atoms with E-state index in [1.54, 1.807) is 50.1 Å². The van der Waals surface area contributed by atoms with Crippen molar-refractivity contribution >= 4 is 40.3 Å². The molecule has 0 aliphatic carbocycles. The van der Waals surface area contributed by atoms with E-state index in [-0.39, 0.29) is 29.4 Å². The van der Waals surface area contributed by atoms with E-state index >= 15 is 0 Å². The average molecular weight is 525 g/mol. The Hall–Kier alpha value is -3.17. The number of hydrogen-bond donors (Lipinski definition) is 0. The highest BCUT2D eigenvalue weighted by atomic mass is 32.2. The molecule has 1 fully saturated rings. The summed E-state index contributed by atoms with van der Waals surface area (Å²) in [6, 6.07) is 11.7. The number of ketones is 1. The molecule has 1 aliphatic heterocycles. The van der Waals surface area contributed by atoms with E-state index in [1.807, 2.05) is 34.9 Å². The van der Waals surface area contributed by atoms with Gasteiger partial charge in [-0.05, 0) is 56.0 Å². The lowest BCUT2D eigenvalue weighted by molar-refractivity contribution is -0.124. The van der Waals surface area contributed by atoms with Crippen molar-refractivity contribution in [2.75, 3.05) is 33.4 Å². The second-order valence-electron chi connectivity index (χ2n) is 9.90. The Labute approximate surface area is 221 Å². The van der Waals surface area contributed by atoms with Gasteiger partial charge in [0, 0.05) is 68.5 Å². The predicted octanol–water partition coefficient (Wildman–Crippen LogP) is 4.11. The third-order valence-corrected chi connectivity index (χ3v) is 7.45. The number of Topliss-reactive ketones (excluding diaryl/α,β-unsaturated/α-hetero) is 1.